The van der Waals surface area contributed by atoms with E-state index in [0.717, 1.165) is 0 Å². The number of hydrogen-bond acceptors (Lipinski definition) is 6. The van der Waals surface area contributed by atoms with Crippen molar-refractivity contribution in [3.63, 3.8) is 0 Å². The van der Waals surface area contributed by atoms with E-state index in [4.69, 9.17) is 9.47 Å². The summed E-state index contributed by atoms with van der Waals surface area (Å²) in [7, 11) is 2.93. The van der Waals surface area contributed by atoms with Crippen LogP contribution >= 0.6 is 0 Å². The van der Waals surface area contributed by atoms with Crippen LogP contribution in [0, 0.1) is 10.1 Å². The Morgan fingerprint density at radius 3 is 2.48 bits per heavy atom. The van der Waals surface area contributed by atoms with Crippen LogP contribution in [0.15, 0.2) is 27.8 Å². The monoisotopic (exact) mass is 319 g/mol. The van der Waals surface area contributed by atoms with Gasteiger partial charge in [0, 0.05) is 5.56 Å². The molecule has 0 spiro atoms. The van der Waals surface area contributed by atoms with Gasteiger partial charge in [-0.15, -0.1) is 0 Å². The molecule has 0 aliphatic carbocycles. The Bertz CT molecular complexity index is 881. The van der Waals surface area contributed by atoms with Crippen molar-refractivity contribution in [3.8, 4) is 11.5 Å². The summed E-state index contributed by atoms with van der Waals surface area (Å²) in [5.74, 6) is 0.893. The summed E-state index contributed by atoms with van der Waals surface area (Å²) in [5.41, 5.74) is -2.31. The molecule has 0 saturated heterocycles. The molecule has 23 heavy (non-hydrogen) atoms. The first-order valence-corrected chi connectivity index (χ1v) is 6.38. The van der Waals surface area contributed by atoms with Crippen LogP contribution in [-0.4, -0.2) is 29.1 Å². The SMILES string of the molecule is COc1cccc(/C=C\c2[nH]c(=O)[nH]c(=O)c2[N+](=O)[O-])c1OC. The molecule has 2 aromatic rings. The van der Waals surface area contributed by atoms with Gasteiger partial charge in [0.25, 0.3) is 0 Å². The molecule has 0 saturated carbocycles. The minimum absolute atomic E-state index is 0.214. The summed E-state index contributed by atoms with van der Waals surface area (Å²) in [6.07, 6.45) is 2.73. The molecular weight excluding hydrogens is 306 g/mol. The van der Waals surface area contributed by atoms with Crippen LogP contribution < -0.4 is 20.7 Å². The number of aromatic nitrogens is 2. The van der Waals surface area contributed by atoms with Gasteiger partial charge in [-0.25, -0.2) is 4.79 Å². The number of benzene rings is 1. The Labute approximate surface area is 129 Å². The zero-order valence-electron chi connectivity index (χ0n) is 12.3. The first-order valence-electron chi connectivity index (χ1n) is 6.38. The largest absolute Gasteiger partial charge is 0.493 e. The molecule has 9 heteroatoms. The zero-order chi connectivity index (χ0) is 17.0. The number of nitrogens with one attached hydrogen (secondary N) is 2. The Kier molecular flexibility index (Phi) is 4.60. The van der Waals surface area contributed by atoms with Crippen molar-refractivity contribution in [2.75, 3.05) is 14.2 Å². The molecule has 0 amide bonds. The highest BCUT2D eigenvalue weighted by molar-refractivity contribution is 5.75. The fourth-order valence-electron chi connectivity index (χ4n) is 2.02. The van der Waals surface area contributed by atoms with Crippen LogP contribution in [0.4, 0.5) is 5.69 Å². The second-order valence-corrected chi connectivity index (χ2v) is 4.34. The molecule has 9 nitrogen and oxygen atoms in total. The minimum Gasteiger partial charge on any atom is -0.493 e. The zero-order valence-corrected chi connectivity index (χ0v) is 12.3. The Balaban J connectivity index is 2.56. The first kappa shape index (κ1) is 16.0. The number of H-pyrrole nitrogens is 2. The van der Waals surface area contributed by atoms with Crippen LogP contribution in [0.1, 0.15) is 11.3 Å². The van der Waals surface area contributed by atoms with E-state index in [9.17, 15) is 19.7 Å². The molecule has 2 N–H and O–H groups in total. The highest BCUT2D eigenvalue weighted by atomic mass is 16.6. The number of rotatable bonds is 5. The van der Waals surface area contributed by atoms with Crippen molar-refractivity contribution >= 4 is 17.8 Å². The molecule has 120 valence electrons. The van der Waals surface area contributed by atoms with E-state index in [1.807, 2.05) is 4.98 Å². The number of nitrogens with zero attached hydrogens (tertiary/aromatic N) is 1. The first-order chi connectivity index (χ1) is 11.0. The van der Waals surface area contributed by atoms with Gasteiger partial charge in [-0.2, -0.15) is 0 Å². The maximum Gasteiger partial charge on any atom is 0.357 e. The number of methoxy groups -OCH3 is 2. The maximum atomic E-state index is 11.5. The Morgan fingerprint density at radius 2 is 1.87 bits per heavy atom. The van der Waals surface area contributed by atoms with Gasteiger partial charge in [-0.05, 0) is 18.2 Å². The van der Waals surface area contributed by atoms with Crippen LogP contribution in [0.2, 0.25) is 0 Å². The second kappa shape index (κ2) is 6.60. The van der Waals surface area contributed by atoms with Crippen molar-refractivity contribution in [2.45, 2.75) is 0 Å². The van der Waals surface area contributed by atoms with Crippen LogP contribution in [0.3, 0.4) is 0 Å². The number of hydrogen-bond donors (Lipinski definition) is 2. The molecule has 0 bridgehead atoms. The highest BCUT2D eigenvalue weighted by Gasteiger charge is 2.19. The van der Waals surface area contributed by atoms with Gasteiger partial charge in [0.05, 0.1) is 19.1 Å². The molecule has 0 unspecified atom stereocenters. The lowest BCUT2D eigenvalue weighted by Gasteiger charge is -2.09. The number of aromatic amines is 2. The van der Waals surface area contributed by atoms with Gasteiger partial charge >= 0.3 is 16.9 Å². The summed E-state index contributed by atoms with van der Waals surface area (Å²) in [5, 5.41) is 11.0. The van der Waals surface area contributed by atoms with E-state index in [0.29, 0.717) is 17.1 Å². The topological polar surface area (TPSA) is 127 Å². The summed E-state index contributed by atoms with van der Waals surface area (Å²) in [6, 6.07) is 5.08. The Morgan fingerprint density at radius 1 is 1.13 bits per heavy atom. The molecule has 1 aromatic heterocycles. The van der Waals surface area contributed by atoms with Gasteiger partial charge in [-0.3, -0.25) is 19.9 Å². The van der Waals surface area contributed by atoms with E-state index >= 15 is 0 Å². The van der Waals surface area contributed by atoms with Gasteiger partial charge < -0.3 is 14.5 Å². The van der Waals surface area contributed by atoms with Crippen molar-refractivity contribution in [2.24, 2.45) is 0 Å². The third-order valence-electron chi connectivity index (χ3n) is 2.99. The lowest BCUT2D eigenvalue weighted by atomic mass is 10.1. The summed E-state index contributed by atoms with van der Waals surface area (Å²) >= 11 is 0. The molecular formula is C14H13N3O6. The third kappa shape index (κ3) is 3.28. The number of para-hydroxylation sites is 1. The summed E-state index contributed by atoms with van der Waals surface area (Å²) in [4.78, 5) is 37.0. The van der Waals surface area contributed by atoms with Gasteiger partial charge in [0.1, 0.15) is 5.69 Å². The molecule has 1 aromatic carbocycles. The fraction of sp³-hybridized carbons (Fsp3) is 0.143. The highest BCUT2D eigenvalue weighted by Crippen LogP contribution is 2.31. The minimum atomic E-state index is -1.07. The fourth-order valence-corrected chi connectivity index (χ4v) is 2.02. The van der Waals surface area contributed by atoms with Crippen molar-refractivity contribution in [3.05, 3.63) is 60.4 Å². The van der Waals surface area contributed by atoms with E-state index in [1.165, 1.54) is 26.4 Å². The molecule has 0 aliphatic rings. The predicted molar refractivity (Wildman–Crippen MR) is 82.8 cm³/mol. The lowest BCUT2D eigenvalue weighted by Crippen LogP contribution is -2.25. The molecule has 0 radical (unpaired) electrons. The third-order valence-corrected chi connectivity index (χ3v) is 2.99. The normalized spacial score (nSPS) is 10.7. The summed E-state index contributed by atoms with van der Waals surface area (Å²) in [6.45, 7) is 0. The second-order valence-electron chi connectivity index (χ2n) is 4.34. The Hall–Kier alpha value is -3.36. The van der Waals surface area contributed by atoms with E-state index in [2.05, 4.69) is 4.98 Å². The number of ether oxygens (including phenoxy) is 2. The van der Waals surface area contributed by atoms with Gasteiger partial charge in [0.15, 0.2) is 11.5 Å². The maximum absolute atomic E-state index is 11.5. The lowest BCUT2D eigenvalue weighted by molar-refractivity contribution is -0.386. The van der Waals surface area contributed by atoms with Gasteiger partial charge in [-0.1, -0.05) is 12.1 Å². The van der Waals surface area contributed by atoms with Crippen molar-refractivity contribution < 1.29 is 14.4 Å². The van der Waals surface area contributed by atoms with Crippen LogP contribution in [-0.2, 0) is 0 Å². The molecule has 0 atom stereocenters. The van der Waals surface area contributed by atoms with E-state index < -0.39 is 21.9 Å². The van der Waals surface area contributed by atoms with Crippen molar-refractivity contribution in [1.29, 1.82) is 0 Å². The number of nitro groups is 1. The molecule has 1 heterocycles. The standard InChI is InChI=1S/C14H13N3O6/c1-22-10-5-3-4-8(12(10)23-2)6-7-9-11(17(20)21)13(18)16-14(19)15-9/h3-7H,1-2H3,(H2,15,16,18,19)/b7-6-. The predicted octanol–water partition coefficient (Wildman–Crippen LogP) is 1.16. The van der Waals surface area contributed by atoms with E-state index in [-0.39, 0.29) is 5.69 Å². The van der Waals surface area contributed by atoms with Crippen molar-refractivity contribution in [1.82, 2.24) is 9.97 Å². The summed E-state index contributed by atoms with van der Waals surface area (Å²) < 4.78 is 10.4. The molecule has 2 rings (SSSR count). The molecule has 0 aliphatic heterocycles. The van der Waals surface area contributed by atoms with Gasteiger partial charge in [0.2, 0.25) is 0 Å². The smallest absolute Gasteiger partial charge is 0.357 e. The van der Waals surface area contributed by atoms with E-state index in [1.54, 1.807) is 18.2 Å². The van der Waals surface area contributed by atoms with Crippen LogP contribution in [0.5, 0.6) is 11.5 Å². The quantitative estimate of drug-likeness (QED) is 0.629. The molecule has 0 fully saturated rings. The van der Waals surface area contributed by atoms with Crippen LogP contribution in [0.25, 0.3) is 12.2 Å². The average Bonchev–Trinajstić information content (AvgIpc) is 2.51. The average molecular weight is 319 g/mol.